The van der Waals surface area contributed by atoms with Gasteiger partial charge in [-0.1, -0.05) is 30.9 Å². The van der Waals surface area contributed by atoms with Crippen molar-refractivity contribution in [2.45, 2.75) is 51.9 Å². The fraction of sp³-hybridized carbons (Fsp3) is 0.857. The molecule has 0 amide bonds. The highest BCUT2D eigenvalue weighted by atomic mass is 32.2. The van der Waals surface area contributed by atoms with E-state index < -0.39 is 9.84 Å². The molecule has 2 aliphatic carbocycles. The first-order valence-electron chi connectivity index (χ1n) is 6.83. The van der Waals surface area contributed by atoms with Crippen molar-refractivity contribution in [3.63, 3.8) is 0 Å². The quantitative estimate of drug-likeness (QED) is 0.623. The van der Waals surface area contributed by atoms with E-state index in [2.05, 4.69) is 13.0 Å². The second-order valence-electron chi connectivity index (χ2n) is 6.58. The summed E-state index contributed by atoms with van der Waals surface area (Å²) >= 11 is 0. The van der Waals surface area contributed by atoms with Crippen LogP contribution in [0.2, 0.25) is 0 Å². The fourth-order valence-corrected chi connectivity index (χ4v) is 7.56. The van der Waals surface area contributed by atoms with E-state index in [4.69, 9.17) is 0 Å². The predicted molar refractivity (Wildman–Crippen MR) is 69.6 cm³/mol. The van der Waals surface area contributed by atoms with Crippen molar-refractivity contribution < 1.29 is 8.42 Å². The van der Waals surface area contributed by atoms with Gasteiger partial charge in [-0.2, -0.15) is 0 Å². The van der Waals surface area contributed by atoms with Crippen LogP contribution >= 0.6 is 0 Å². The van der Waals surface area contributed by atoms with Crippen molar-refractivity contribution in [1.82, 2.24) is 0 Å². The van der Waals surface area contributed by atoms with Crippen LogP contribution in [0.1, 0.15) is 51.9 Å². The first kappa shape index (κ1) is 11.8. The second-order valence-corrected chi connectivity index (χ2v) is 8.65. The number of sulfone groups is 1. The van der Waals surface area contributed by atoms with Crippen molar-refractivity contribution in [1.29, 1.82) is 0 Å². The summed E-state index contributed by atoms with van der Waals surface area (Å²) in [6, 6.07) is 0. The van der Waals surface area contributed by atoms with Gasteiger partial charge in [-0.25, -0.2) is 8.42 Å². The second kappa shape index (κ2) is 3.59. The van der Waals surface area contributed by atoms with Gasteiger partial charge in [0, 0.05) is 0 Å². The van der Waals surface area contributed by atoms with Gasteiger partial charge < -0.3 is 0 Å². The largest absolute Gasteiger partial charge is 0.229 e. The van der Waals surface area contributed by atoms with E-state index in [1.165, 1.54) is 24.8 Å². The summed E-state index contributed by atoms with van der Waals surface area (Å²) in [7, 11) is -2.80. The zero-order valence-electron chi connectivity index (χ0n) is 10.7. The molecule has 0 aromatic heterocycles. The third-order valence-electron chi connectivity index (χ3n) is 5.39. The van der Waals surface area contributed by atoms with Gasteiger partial charge in [-0.15, -0.1) is 0 Å². The number of allylic oxidation sites excluding steroid dienone is 2. The molecule has 96 valence electrons. The van der Waals surface area contributed by atoms with Crippen LogP contribution in [-0.4, -0.2) is 19.9 Å². The van der Waals surface area contributed by atoms with Crippen molar-refractivity contribution >= 4 is 9.84 Å². The highest BCUT2D eigenvalue weighted by molar-refractivity contribution is 7.91. The molecule has 0 bridgehead atoms. The Balaban J connectivity index is 2.10. The lowest BCUT2D eigenvalue weighted by Crippen LogP contribution is -2.42. The van der Waals surface area contributed by atoms with Gasteiger partial charge in [0.05, 0.1) is 11.5 Å². The zero-order valence-corrected chi connectivity index (χ0v) is 11.5. The lowest BCUT2D eigenvalue weighted by atomic mass is 9.56. The van der Waals surface area contributed by atoms with Gasteiger partial charge in [-0.05, 0) is 43.4 Å². The van der Waals surface area contributed by atoms with Crippen LogP contribution in [0.5, 0.6) is 0 Å². The molecule has 17 heavy (non-hydrogen) atoms. The number of hydrogen-bond acceptors (Lipinski definition) is 2. The Morgan fingerprint density at radius 2 is 1.71 bits per heavy atom. The summed E-state index contributed by atoms with van der Waals surface area (Å²) < 4.78 is 24.3. The third-order valence-corrected chi connectivity index (χ3v) is 7.37. The lowest BCUT2D eigenvalue weighted by Gasteiger charge is -2.47. The van der Waals surface area contributed by atoms with Gasteiger partial charge in [0.25, 0.3) is 0 Å². The Morgan fingerprint density at radius 1 is 1.06 bits per heavy atom. The summed E-state index contributed by atoms with van der Waals surface area (Å²) in [5.74, 6) is 0.926. The fourth-order valence-electron chi connectivity index (χ4n) is 4.66. The molecule has 3 aliphatic rings. The molecule has 2 nitrogen and oxygen atoms in total. The molecule has 0 aromatic rings. The standard InChI is InChI=1S/C14H22O2S/c1-12-5-8-13-6-3-2-4-7-14(13,9-12)11-17(15,16)10-13/h5H,2-4,6-11H2,1H3/t13-,14-/m1/s1. The Kier molecular flexibility index (Phi) is 2.49. The Morgan fingerprint density at radius 3 is 2.47 bits per heavy atom. The van der Waals surface area contributed by atoms with Crippen LogP contribution < -0.4 is 0 Å². The highest BCUT2D eigenvalue weighted by Crippen LogP contribution is 2.62. The predicted octanol–water partition coefficient (Wildman–Crippen LogP) is 3.09. The molecule has 0 radical (unpaired) electrons. The SMILES string of the molecule is CC1=CC[C@@]23CCCCC[C@@]2(C1)CS(=O)(=O)C3. The van der Waals surface area contributed by atoms with Crippen LogP contribution in [0.15, 0.2) is 11.6 Å². The van der Waals surface area contributed by atoms with Crippen LogP contribution in [0, 0.1) is 10.8 Å². The average Bonchev–Trinajstić information content (AvgIpc) is 2.34. The molecule has 1 saturated carbocycles. The van der Waals surface area contributed by atoms with E-state index >= 15 is 0 Å². The lowest BCUT2D eigenvalue weighted by molar-refractivity contribution is 0.0741. The maximum Gasteiger partial charge on any atom is 0.151 e. The van der Waals surface area contributed by atoms with Crippen LogP contribution in [0.3, 0.4) is 0 Å². The minimum atomic E-state index is -2.80. The van der Waals surface area contributed by atoms with Gasteiger partial charge >= 0.3 is 0 Å². The van der Waals surface area contributed by atoms with Gasteiger partial charge in [0.15, 0.2) is 9.84 Å². The van der Waals surface area contributed by atoms with Crippen LogP contribution in [0.4, 0.5) is 0 Å². The van der Waals surface area contributed by atoms with Crippen molar-refractivity contribution in [2.75, 3.05) is 11.5 Å². The van der Waals surface area contributed by atoms with Crippen molar-refractivity contribution in [3.05, 3.63) is 11.6 Å². The van der Waals surface area contributed by atoms with Gasteiger partial charge in [-0.3, -0.25) is 0 Å². The van der Waals surface area contributed by atoms with E-state index in [1.807, 2.05) is 0 Å². The Hall–Kier alpha value is -0.310. The van der Waals surface area contributed by atoms with E-state index in [-0.39, 0.29) is 10.8 Å². The molecule has 0 N–H and O–H groups in total. The maximum absolute atomic E-state index is 12.1. The Labute approximate surface area is 104 Å². The van der Waals surface area contributed by atoms with E-state index in [1.54, 1.807) is 0 Å². The summed E-state index contributed by atoms with van der Waals surface area (Å²) in [6.07, 6.45) is 10.4. The van der Waals surface area contributed by atoms with Gasteiger partial charge in [0.2, 0.25) is 0 Å². The van der Waals surface area contributed by atoms with Gasteiger partial charge in [0.1, 0.15) is 0 Å². The molecule has 2 atom stereocenters. The molecule has 1 saturated heterocycles. The minimum absolute atomic E-state index is 0.0984. The monoisotopic (exact) mass is 254 g/mol. The van der Waals surface area contributed by atoms with E-state index in [0.717, 1.165) is 25.7 Å². The number of hydrogen-bond donors (Lipinski definition) is 0. The number of rotatable bonds is 0. The van der Waals surface area contributed by atoms with Crippen LogP contribution in [-0.2, 0) is 9.84 Å². The molecular weight excluding hydrogens is 232 g/mol. The van der Waals surface area contributed by atoms with Crippen molar-refractivity contribution in [2.24, 2.45) is 10.8 Å². The third kappa shape index (κ3) is 1.69. The molecule has 3 rings (SSSR count). The molecular formula is C14H22O2S. The topological polar surface area (TPSA) is 34.1 Å². The first-order chi connectivity index (χ1) is 7.97. The molecule has 2 fully saturated rings. The molecule has 1 heterocycles. The molecule has 1 aliphatic heterocycles. The first-order valence-corrected chi connectivity index (χ1v) is 8.65. The highest BCUT2D eigenvalue weighted by Gasteiger charge is 2.60. The summed E-state index contributed by atoms with van der Waals surface area (Å²) in [4.78, 5) is 0. The zero-order chi connectivity index (χ0) is 12.1. The van der Waals surface area contributed by atoms with E-state index in [0.29, 0.717) is 11.5 Å². The Bertz CT molecular complexity index is 463. The molecule has 3 heteroatoms. The summed E-state index contributed by atoms with van der Waals surface area (Å²) in [5, 5.41) is 0. The summed E-state index contributed by atoms with van der Waals surface area (Å²) in [5.41, 5.74) is 1.61. The average molecular weight is 254 g/mol. The molecule has 0 unspecified atom stereocenters. The van der Waals surface area contributed by atoms with Crippen molar-refractivity contribution in [3.8, 4) is 0 Å². The van der Waals surface area contributed by atoms with E-state index in [9.17, 15) is 8.42 Å². The molecule has 0 aromatic carbocycles. The minimum Gasteiger partial charge on any atom is -0.229 e. The summed E-state index contributed by atoms with van der Waals surface area (Å²) in [6.45, 7) is 2.18. The normalized spacial score (nSPS) is 44.4. The maximum atomic E-state index is 12.1. The smallest absolute Gasteiger partial charge is 0.151 e. The van der Waals surface area contributed by atoms with Crippen LogP contribution in [0.25, 0.3) is 0 Å². The molecule has 0 spiro atoms.